The Hall–Kier alpha value is -1.76. The first-order chi connectivity index (χ1) is 14.3. The minimum Gasteiger partial charge on any atom is -0.480 e. The maximum atomic E-state index is 11.7. The number of aliphatic carboxylic acids is 1. The summed E-state index contributed by atoms with van der Waals surface area (Å²) in [4.78, 5) is 28.6. The lowest BCUT2D eigenvalue weighted by atomic mass is 10.1. The van der Waals surface area contributed by atoms with E-state index in [2.05, 4.69) is 39.8 Å². The van der Waals surface area contributed by atoms with Gasteiger partial charge in [-0.15, -0.1) is 0 Å². The van der Waals surface area contributed by atoms with E-state index in [0.29, 0.717) is 26.0 Å². The van der Waals surface area contributed by atoms with Gasteiger partial charge in [0.2, 0.25) is 0 Å². The van der Waals surface area contributed by atoms with E-state index in [1.807, 2.05) is 6.08 Å². The maximum absolute atomic E-state index is 11.7. The summed E-state index contributed by atoms with van der Waals surface area (Å²) >= 11 is 0. The first-order valence-electron chi connectivity index (χ1n) is 11.0. The van der Waals surface area contributed by atoms with Crippen LogP contribution in [0, 0.1) is 0 Å². The van der Waals surface area contributed by atoms with Gasteiger partial charge >= 0.3 is 5.97 Å². The van der Waals surface area contributed by atoms with Crippen LogP contribution in [-0.4, -0.2) is 54.3 Å². The van der Waals surface area contributed by atoms with E-state index in [1.165, 1.54) is 21.8 Å². The number of carbonyl (C=O) groups is 2. The van der Waals surface area contributed by atoms with Crippen LogP contribution in [0.3, 0.4) is 0 Å². The highest BCUT2D eigenvalue weighted by Crippen LogP contribution is 2.17. The second kappa shape index (κ2) is 15.1. The van der Waals surface area contributed by atoms with Crippen LogP contribution < -0.4 is 0 Å². The SMILES string of the molecule is CC(C)=CCCC(C)=CCCC(C)=CCN(OC1CCOCC1)C(CC=O)C(=O)O. The van der Waals surface area contributed by atoms with Gasteiger partial charge in [0.25, 0.3) is 0 Å². The second-order valence-electron chi connectivity index (χ2n) is 8.23. The zero-order valence-corrected chi connectivity index (χ0v) is 19.1. The van der Waals surface area contributed by atoms with Gasteiger partial charge in [0, 0.05) is 26.2 Å². The van der Waals surface area contributed by atoms with Gasteiger partial charge in [0.05, 0.1) is 6.10 Å². The van der Waals surface area contributed by atoms with Gasteiger partial charge < -0.3 is 14.6 Å². The molecule has 6 nitrogen and oxygen atoms in total. The number of aldehydes is 1. The molecule has 0 radical (unpaired) electrons. The first-order valence-corrected chi connectivity index (χ1v) is 11.0. The molecule has 0 saturated carbocycles. The van der Waals surface area contributed by atoms with Crippen molar-refractivity contribution in [1.82, 2.24) is 5.06 Å². The lowest BCUT2D eigenvalue weighted by Gasteiger charge is -2.32. The molecule has 1 aliphatic rings. The maximum Gasteiger partial charge on any atom is 0.323 e. The van der Waals surface area contributed by atoms with Crippen molar-refractivity contribution in [3.8, 4) is 0 Å². The number of hydrogen-bond acceptors (Lipinski definition) is 5. The number of hydroxylamine groups is 2. The van der Waals surface area contributed by atoms with E-state index in [1.54, 1.807) is 0 Å². The number of carboxylic acids is 1. The van der Waals surface area contributed by atoms with Crippen molar-refractivity contribution in [1.29, 1.82) is 0 Å². The van der Waals surface area contributed by atoms with Gasteiger partial charge in [-0.3, -0.25) is 9.63 Å². The summed E-state index contributed by atoms with van der Waals surface area (Å²) in [6.45, 7) is 10.0. The Labute approximate surface area is 181 Å². The fourth-order valence-electron chi connectivity index (χ4n) is 3.23. The second-order valence-corrected chi connectivity index (χ2v) is 8.23. The summed E-state index contributed by atoms with van der Waals surface area (Å²) in [7, 11) is 0. The highest BCUT2D eigenvalue weighted by molar-refractivity contribution is 5.76. The average Bonchev–Trinajstić information content (AvgIpc) is 2.69. The Morgan fingerprint density at radius 1 is 1.07 bits per heavy atom. The molecule has 0 aromatic heterocycles. The fourth-order valence-corrected chi connectivity index (χ4v) is 3.23. The summed E-state index contributed by atoms with van der Waals surface area (Å²) in [6.07, 6.45) is 12.5. The van der Waals surface area contributed by atoms with Crippen molar-refractivity contribution in [3.63, 3.8) is 0 Å². The smallest absolute Gasteiger partial charge is 0.323 e. The molecule has 0 aromatic carbocycles. The molecule has 1 unspecified atom stereocenters. The molecule has 0 spiro atoms. The third-order valence-electron chi connectivity index (χ3n) is 5.15. The van der Waals surface area contributed by atoms with Gasteiger partial charge in [-0.2, -0.15) is 5.06 Å². The van der Waals surface area contributed by atoms with Crippen LogP contribution in [0.25, 0.3) is 0 Å². The summed E-state index contributed by atoms with van der Waals surface area (Å²) in [5.74, 6) is -1.05. The van der Waals surface area contributed by atoms with E-state index < -0.39 is 12.0 Å². The van der Waals surface area contributed by atoms with E-state index >= 15 is 0 Å². The summed E-state index contributed by atoms with van der Waals surface area (Å²) < 4.78 is 5.34. The number of hydrogen-bond donors (Lipinski definition) is 1. The molecule has 170 valence electrons. The largest absolute Gasteiger partial charge is 0.480 e. The molecule has 30 heavy (non-hydrogen) atoms. The normalized spacial score (nSPS) is 17.1. The molecule has 1 saturated heterocycles. The number of carboxylic acid groups (broad SMARTS) is 1. The van der Waals surface area contributed by atoms with Crippen LogP contribution in [0.2, 0.25) is 0 Å². The predicted molar refractivity (Wildman–Crippen MR) is 119 cm³/mol. The molecular formula is C24H39NO5. The van der Waals surface area contributed by atoms with Crippen LogP contribution in [0.1, 0.15) is 72.6 Å². The lowest BCUT2D eigenvalue weighted by molar-refractivity contribution is -0.233. The molecular weight excluding hydrogens is 382 g/mol. The van der Waals surface area contributed by atoms with E-state index in [-0.39, 0.29) is 12.5 Å². The van der Waals surface area contributed by atoms with Gasteiger partial charge in [-0.1, -0.05) is 34.9 Å². The van der Waals surface area contributed by atoms with Crippen LogP contribution in [0.4, 0.5) is 0 Å². The zero-order valence-electron chi connectivity index (χ0n) is 19.1. The number of rotatable bonds is 14. The van der Waals surface area contributed by atoms with E-state index in [4.69, 9.17) is 9.57 Å². The van der Waals surface area contributed by atoms with Crippen molar-refractivity contribution in [2.45, 2.75) is 84.8 Å². The Bertz CT molecular complexity index is 613. The monoisotopic (exact) mass is 421 g/mol. The first kappa shape index (κ1) is 26.3. The molecule has 1 heterocycles. The van der Waals surface area contributed by atoms with Crippen molar-refractivity contribution < 1.29 is 24.3 Å². The topological polar surface area (TPSA) is 76.1 Å². The van der Waals surface area contributed by atoms with Crippen molar-refractivity contribution in [2.75, 3.05) is 19.8 Å². The van der Waals surface area contributed by atoms with Gasteiger partial charge in [-0.05, 0) is 66.2 Å². The Balaban J connectivity index is 2.63. The summed E-state index contributed by atoms with van der Waals surface area (Å²) in [5, 5.41) is 11.0. The quantitative estimate of drug-likeness (QED) is 0.245. The van der Waals surface area contributed by atoms with Crippen LogP contribution in [0.15, 0.2) is 34.9 Å². The average molecular weight is 422 g/mol. The van der Waals surface area contributed by atoms with Crippen molar-refractivity contribution in [3.05, 3.63) is 34.9 Å². The minimum absolute atomic E-state index is 0.0765. The Morgan fingerprint density at radius 2 is 1.67 bits per heavy atom. The van der Waals surface area contributed by atoms with Gasteiger partial charge in [0.1, 0.15) is 12.3 Å². The molecule has 1 aliphatic heterocycles. The molecule has 1 fully saturated rings. The molecule has 0 amide bonds. The Kier molecular flexibility index (Phi) is 13.2. The third kappa shape index (κ3) is 11.4. The van der Waals surface area contributed by atoms with Crippen molar-refractivity contribution >= 4 is 12.3 Å². The lowest BCUT2D eigenvalue weighted by Crippen LogP contribution is -2.44. The number of nitrogens with zero attached hydrogens (tertiary/aromatic N) is 1. The van der Waals surface area contributed by atoms with Gasteiger partial charge in [0.15, 0.2) is 0 Å². The molecule has 1 N–H and O–H groups in total. The van der Waals surface area contributed by atoms with Crippen LogP contribution >= 0.6 is 0 Å². The van der Waals surface area contributed by atoms with E-state index in [0.717, 1.165) is 38.5 Å². The number of allylic oxidation sites excluding steroid dienone is 5. The number of carbonyl (C=O) groups excluding carboxylic acids is 1. The van der Waals surface area contributed by atoms with Crippen molar-refractivity contribution in [2.24, 2.45) is 0 Å². The van der Waals surface area contributed by atoms with Gasteiger partial charge in [-0.25, -0.2) is 0 Å². The molecule has 1 rings (SSSR count). The zero-order chi connectivity index (χ0) is 22.4. The number of ether oxygens (including phenoxy) is 1. The van der Waals surface area contributed by atoms with Crippen LogP contribution in [0.5, 0.6) is 0 Å². The third-order valence-corrected chi connectivity index (χ3v) is 5.15. The Morgan fingerprint density at radius 3 is 2.23 bits per heavy atom. The molecule has 6 heteroatoms. The predicted octanol–water partition coefficient (Wildman–Crippen LogP) is 4.86. The minimum atomic E-state index is -1.05. The highest BCUT2D eigenvalue weighted by atomic mass is 16.7. The standard InChI is InChI=1S/C24H39NO5/c1-19(2)7-5-8-20(3)9-6-10-21(4)11-15-25(23(12-16-26)24(27)28)30-22-13-17-29-18-14-22/h7,9,11,16,22-23H,5-6,8,10,12-15,17-18H2,1-4H3,(H,27,28). The van der Waals surface area contributed by atoms with E-state index in [9.17, 15) is 14.7 Å². The summed E-state index contributed by atoms with van der Waals surface area (Å²) in [6, 6.07) is -0.980. The molecule has 0 aliphatic carbocycles. The van der Waals surface area contributed by atoms with Crippen LogP contribution in [-0.2, 0) is 19.2 Å². The molecule has 0 aromatic rings. The molecule has 1 atom stereocenters. The fraction of sp³-hybridized carbons (Fsp3) is 0.667. The summed E-state index contributed by atoms with van der Waals surface area (Å²) in [5.41, 5.74) is 3.92. The molecule has 0 bridgehead atoms. The highest BCUT2D eigenvalue weighted by Gasteiger charge is 2.28.